The quantitative estimate of drug-likeness (QED) is 0.711. The molecule has 1 nitrogen and oxygen atoms in total. The SMILES string of the molecule is Cc1cc(Oc2cc(CCl)ccc2C)ccc1F. The molecule has 0 unspecified atom stereocenters. The van der Waals surface area contributed by atoms with Crippen LogP contribution in [-0.4, -0.2) is 0 Å². The summed E-state index contributed by atoms with van der Waals surface area (Å²) in [6, 6.07) is 10.5. The summed E-state index contributed by atoms with van der Waals surface area (Å²) >= 11 is 5.80. The number of alkyl halides is 1. The Balaban J connectivity index is 2.30. The Morgan fingerprint density at radius 1 is 1.06 bits per heavy atom. The van der Waals surface area contributed by atoms with Crippen molar-refractivity contribution >= 4 is 11.6 Å². The molecule has 3 heteroatoms. The fourth-order valence-electron chi connectivity index (χ4n) is 1.65. The van der Waals surface area contributed by atoms with E-state index >= 15 is 0 Å². The van der Waals surface area contributed by atoms with Crippen LogP contribution in [0.4, 0.5) is 4.39 Å². The fourth-order valence-corrected chi connectivity index (χ4v) is 1.81. The summed E-state index contributed by atoms with van der Waals surface area (Å²) in [5.41, 5.74) is 2.58. The number of hydrogen-bond donors (Lipinski definition) is 0. The van der Waals surface area contributed by atoms with Crippen molar-refractivity contribution in [1.29, 1.82) is 0 Å². The molecule has 0 aliphatic heterocycles. The van der Waals surface area contributed by atoms with Crippen LogP contribution in [0.5, 0.6) is 11.5 Å². The summed E-state index contributed by atoms with van der Waals surface area (Å²) in [7, 11) is 0. The molecule has 94 valence electrons. The van der Waals surface area contributed by atoms with E-state index < -0.39 is 0 Å². The molecule has 0 N–H and O–H groups in total. The summed E-state index contributed by atoms with van der Waals surface area (Å²) in [5.74, 6) is 1.59. The fraction of sp³-hybridized carbons (Fsp3) is 0.200. The molecule has 0 fully saturated rings. The van der Waals surface area contributed by atoms with Gasteiger partial charge < -0.3 is 4.74 Å². The van der Waals surface area contributed by atoms with Crippen LogP contribution in [0.15, 0.2) is 36.4 Å². The minimum absolute atomic E-state index is 0.228. The summed E-state index contributed by atoms with van der Waals surface area (Å²) in [4.78, 5) is 0. The molecule has 2 aromatic carbocycles. The normalized spacial score (nSPS) is 10.4. The van der Waals surface area contributed by atoms with Gasteiger partial charge in [0.2, 0.25) is 0 Å². The standard InChI is InChI=1S/C15H14ClFO/c1-10-3-4-12(9-16)8-15(10)18-13-5-6-14(17)11(2)7-13/h3-8H,9H2,1-2H3. The van der Waals surface area contributed by atoms with Gasteiger partial charge in [0.1, 0.15) is 17.3 Å². The number of ether oxygens (including phenoxy) is 1. The second-order valence-corrected chi connectivity index (χ2v) is 4.51. The number of rotatable bonds is 3. The second-order valence-electron chi connectivity index (χ2n) is 4.25. The van der Waals surface area contributed by atoms with Crippen LogP contribution in [0.3, 0.4) is 0 Å². The zero-order valence-corrected chi connectivity index (χ0v) is 11.1. The van der Waals surface area contributed by atoms with Crippen molar-refractivity contribution in [2.75, 3.05) is 0 Å². The van der Waals surface area contributed by atoms with Gasteiger partial charge in [0.15, 0.2) is 0 Å². The largest absolute Gasteiger partial charge is 0.457 e. The van der Waals surface area contributed by atoms with Crippen molar-refractivity contribution in [1.82, 2.24) is 0 Å². The van der Waals surface area contributed by atoms with Gasteiger partial charge in [-0.1, -0.05) is 12.1 Å². The van der Waals surface area contributed by atoms with Crippen LogP contribution in [-0.2, 0) is 5.88 Å². The smallest absolute Gasteiger partial charge is 0.130 e. The van der Waals surface area contributed by atoms with E-state index in [1.54, 1.807) is 19.1 Å². The van der Waals surface area contributed by atoms with Crippen LogP contribution >= 0.6 is 11.6 Å². The highest BCUT2D eigenvalue weighted by atomic mass is 35.5. The average Bonchev–Trinajstić information content (AvgIpc) is 2.36. The van der Waals surface area contributed by atoms with Gasteiger partial charge in [-0.3, -0.25) is 0 Å². The lowest BCUT2D eigenvalue weighted by Gasteiger charge is -2.10. The molecule has 0 aliphatic carbocycles. The minimum atomic E-state index is -0.228. The Kier molecular flexibility index (Phi) is 3.87. The molecule has 18 heavy (non-hydrogen) atoms. The number of halogens is 2. The monoisotopic (exact) mass is 264 g/mol. The van der Waals surface area contributed by atoms with E-state index in [4.69, 9.17) is 16.3 Å². The van der Waals surface area contributed by atoms with Gasteiger partial charge in [0.05, 0.1) is 0 Å². The predicted octanol–water partition coefficient (Wildman–Crippen LogP) is 4.97. The van der Waals surface area contributed by atoms with Crippen LogP contribution in [0.25, 0.3) is 0 Å². The van der Waals surface area contributed by atoms with Crippen LogP contribution in [0.2, 0.25) is 0 Å². The average molecular weight is 265 g/mol. The highest BCUT2D eigenvalue weighted by Gasteiger charge is 2.05. The van der Waals surface area contributed by atoms with Gasteiger partial charge >= 0.3 is 0 Å². The van der Waals surface area contributed by atoms with Gasteiger partial charge in [-0.2, -0.15) is 0 Å². The lowest BCUT2D eigenvalue weighted by atomic mass is 10.1. The van der Waals surface area contributed by atoms with Crippen molar-refractivity contribution in [3.8, 4) is 11.5 Å². The highest BCUT2D eigenvalue weighted by molar-refractivity contribution is 6.17. The van der Waals surface area contributed by atoms with Gasteiger partial charge in [-0.25, -0.2) is 4.39 Å². The van der Waals surface area contributed by atoms with E-state index in [9.17, 15) is 4.39 Å². The van der Waals surface area contributed by atoms with Gasteiger partial charge in [-0.15, -0.1) is 11.6 Å². The second kappa shape index (κ2) is 5.40. The summed E-state index contributed by atoms with van der Waals surface area (Å²) in [5, 5.41) is 0. The molecule has 0 saturated carbocycles. The Bertz CT molecular complexity index is 566. The molecule has 0 aromatic heterocycles. The first-order valence-electron chi connectivity index (χ1n) is 5.69. The molecule has 0 radical (unpaired) electrons. The third-order valence-corrected chi connectivity index (χ3v) is 3.07. The zero-order valence-electron chi connectivity index (χ0n) is 10.3. The maximum absolute atomic E-state index is 13.2. The molecule has 0 spiro atoms. The first kappa shape index (κ1) is 12.9. The van der Waals surface area contributed by atoms with E-state index in [0.29, 0.717) is 17.2 Å². The minimum Gasteiger partial charge on any atom is -0.457 e. The van der Waals surface area contributed by atoms with E-state index in [1.807, 2.05) is 25.1 Å². The Morgan fingerprint density at radius 3 is 2.50 bits per heavy atom. The molecular formula is C15H14ClFO. The number of aryl methyl sites for hydroxylation is 2. The van der Waals surface area contributed by atoms with E-state index in [2.05, 4.69) is 0 Å². The summed E-state index contributed by atoms with van der Waals surface area (Å²) in [6.07, 6.45) is 0. The molecule has 2 rings (SSSR count). The van der Waals surface area contributed by atoms with Crippen LogP contribution < -0.4 is 4.74 Å². The van der Waals surface area contributed by atoms with Crippen molar-refractivity contribution in [3.05, 3.63) is 58.9 Å². The van der Waals surface area contributed by atoms with Gasteiger partial charge in [0.25, 0.3) is 0 Å². The maximum atomic E-state index is 13.2. The number of hydrogen-bond acceptors (Lipinski definition) is 1. The third-order valence-electron chi connectivity index (χ3n) is 2.76. The van der Waals surface area contributed by atoms with Crippen molar-refractivity contribution in [3.63, 3.8) is 0 Å². The topological polar surface area (TPSA) is 9.23 Å². The van der Waals surface area contributed by atoms with Crippen molar-refractivity contribution in [2.45, 2.75) is 19.7 Å². The number of benzene rings is 2. The zero-order chi connectivity index (χ0) is 13.1. The molecular weight excluding hydrogens is 251 g/mol. The van der Waals surface area contributed by atoms with Crippen molar-refractivity contribution in [2.24, 2.45) is 0 Å². The third kappa shape index (κ3) is 2.82. The van der Waals surface area contributed by atoms with E-state index in [-0.39, 0.29) is 5.82 Å². The first-order valence-corrected chi connectivity index (χ1v) is 6.23. The Morgan fingerprint density at radius 2 is 1.83 bits per heavy atom. The van der Waals surface area contributed by atoms with E-state index in [0.717, 1.165) is 16.9 Å². The molecule has 0 amide bonds. The van der Waals surface area contributed by atoms with Crippen LogP contribution in [0.1, 0.15) is 16.7 Å². The van der Waals surface area contributed by atoms with E-state index in [1.165, 1.54) is 6.07 Å². The van der Waals surface area contributed by atoms with Crippen molar-refractivity contribution < 1.29 is 9.13 Å². The molecule has 0 saturated heterocycles. The lowest BCUT2D eigenvalue weighted by molar-refractivity contribution is 0.475. The van der Waals surface area contributed by atoms with Crippen LogP contribution in [0, 0.1) is 19.7 Å². The molecule has 0 atom stereocenters. The molecule has 2 aromatic rings. The summed E-state index contributed by atoms with van der Waals surface area (Å²) in [6.45, 7) is 3.67. The Hall–Kier alpha value is -1.54. The molecule has 0 aliphatic rings. The van der Waals surface area contributed by atoms with Gasteiger partial charge in [-0.05, 0) is 54.8 Å². The molecule has 0 heterocycles. The molecule has 0 bridgehead atoms. The predicted molar refractivity (Wildman–Crippen MR) is 71.9 cm³/mol. The highest BCUT2D eigenvalue weighted by Crippen LogP contribution is 2.27. The Labute approximate surface area is 111 Å². The summed E-state index contributed by atoms with van der Waals surface area (Å²) < 4.78 is 18.9. The first-order chi connectivity index (χ1) is 8.60. The van der Waals surface area contributed by atoms with Gasteiger partial charge in [0, 0.05) is 5.88 Å². The lowest BCUT2D eigenvalue weighted by Crippen LogP contribution is -1.91. The maximum Gasteiger partial charge on any atom is 0.130 e.